The molecule has 1 N–H and O–H groups in total. The van der Waals surface area contributed by atoms with Crippen molar-refractivity contribution < 1.29 is 0 Å². The van der Waals surface area contributed by atoms with Crippen molar-refractivity contribution in [3.8, 4) is 0 Å². The molecule has 0 amide bonds. The number of anilines is 1. The number of nitrogens with one attached hydrogen (secondary N) is 1. The molecule has 1 heterocycles. The van der Waals surface area contributed by atoms with Crippen LogP contribution in [0.1, 0.15) is 44.9 Å². The average Bonchev–Trinajstić information content (AvgIpc) is 2.38. The number of rotatable bonds is 8. The first-order chi connectivity index (χ1) is 9.04. The van der Waals surface area contributed by atoms with Gasteiger partial charge in [-0.15, -0.1) is 0 Å². The molecule has 0 spiro atoms. The Morgan fingerprint density at radius 1 is 1.32 bits per heavy atom. The fourth-order valence-electron chi connectivity index (χ4n) is 1.94. The molecule has 0 fully saturated rings. The molecule has 0 saturated carbocycles. The van der Waals surface area contributed by atoms with Gasteiger partial charge in [-0.3, -0.25) is 0 Å². The summed E-state index contributed by atoms with van der Waals surface area (Å²) in [5.74, 6) is 1.82. The van der Waals surface area contributed by atoms with E-state index in [-0.39, 0.29) is 0 Å². The molecule has 0 unspecified atom stereocenters. The van der Waals surface area contributed by atoms with Crippen LogP contribution in [0.2, 0.25) is 0 Å². The summed E-state index contributed by atoms with van der Waals surface area (Å²) < 4.78 is 0. The summed E-state index contributed by atoms with van der Waals surface area (Å²) in [4.78, 5) is 6.96. The van der Waals surface area contributed by atoms with Gasteiger partial charge in [0.1, 0.15) is 5.82 Å². The van der Waals surface area contributed by atoms with E-state index in [0.29, 0.717) is 0 Å². The Hall–Kier alpha value is -1.09. The minimum Gasteiger partial charge on any atom is -0.360 e. The normalized spacial score (nSPS) is 11.1. The molecule has 3 heteroatoms. The number of aryl methyl sites for hydroxylation is 1. The van der Waals surface area contributed by atoms with Crippen LogP contribution in [0, 0.1) is 12.8 Å². The van der Waals surface area contributed by atoms with Gasteiger partial charge in [-0.2, -0.15) is 0 Å². The van der Waals surface area contributed by atoms with Crippen molar-refractivity contribution in [2.45, 2.75) is 47.1 Å². The highest BCUT2D eigenvalue weighted by molar-refractivity contribution is 5.40. The molecule has 0 bridgehead atoms. The Morgan fingerprint density at radius 3 is 2.63 bits per heavy atom. The molecule has 0 aliphatic rings. The van der Waals surface area contributed by atoms with Crippen LogP contribution in [0.4, 0.5) is 5.82 Å². The number of hydrogen-bond donors (Lipinski definition) is 1. The van der Waals surface area contributed by atoms with E-state index in [0.717, 1.165) is 37.1 Å². The molecule has 108 valence electrons. The monoisotopic (exact) mass is 263 g/mol. The molecule has 1 aromatic rings. The Kier molecular flexibility index (Phi) is 6.85. The average molecular weight is 263 g/mol. The molecular formula is C16H29N3. The lowest BCUT2D eigenvalue weighted by Crippen LogP contribution is -2.22. The van der Waals surface area contributed by atoms with Gasteiger partial charge >= 0.3 is 0 Å². The third kappa shape index (κ3) is 5.60. The van der Waals surface area contributed by atoms with E-state index in [4.69, 9.17) is 4.98 Å². The summed E-state index contributed by atoms with van der Waals surface area (Å²) in [7, 11) is 2.12. The summed E-state index contributed by atoms with van der Waals surface area (Å²) in [5, 5.41) is 3.43. The quantitative estimate of drug-likeness (QED) is 0.729. The Labute approximate surface area is 118 Å². The van der Waals surface area contributed by atoms with Crippen LogP contribution in [0.15, 0.2) is 12.1 Å². The molecule has 0 saturated heterocycles. The second-order valence-electron chi connectivity index (χ2n) is 5.69. The summed E-state index contributed by atoms with van der Waals surface area (Å²) in [6, 6.07) is 4.34. The fraction of sp³-hybridized carbons (Fsp3) is 0.688. The Morgan fingerprint density at radius 2 is 2.05 bits per heavy atom. The third-order valence-electron chi connectivity index (χ3n) is 3.36. The first-order valence-corrected chi connectivity index (χ1v) is 7.43. The van der Waals surface area contributed by atoms with E-state index in [1.54, 1.807) is 0 Å². The standard InChI is InChI=1S/C16H29N3/c1-6-10-17-12-15-7-8-16(18-14(15)4)19(5)11-9-13(2)3/h7-8,13,17H,6,9-12H2,1-5H3. The Bertz CT molecular complexity index is 374. The van der Waals surface area contributed by atoms with Gasteiger partial charge in [-0.1, -0.05) is 26.8 Å². The first-order valence-electron chi connectivity index (χ1n) is 7.43. The SMILES string of the molecule is CCCNCc1ccc(N(C)CCC(C)C)nc1C. The molecule has 1 rings (SSSR count). The fourth-order valence-corrected chi connectivity index (χ4v) is 1.94. The maximum Gasteiger partial charge on any atom is 0.128 e. The molecule has 3 nitrogen and oxygen atoms in total. The van der Waals surface area contributed by atoms with Crippen molar-refractivity contribution in [2.24, 2.45) is 5.92 Å². The van der Waals surface area contributed by atoms with Gasteiger partial charge in [0.05, 0.1) is 0 Å². The van der Waals surface area contributed by atoms with Crippen molar-refractivity contribution in [3.05, 3.63) is 23.4 Å². The lowest BCUT2D eigenvalue weighted by Gasteiger charge is -2.20. The van der Waals surface area contributed by atoms with Crippen molar-refractivity contribution in [3.63, 3.8) is 0 Å². The molecule has 0 radical (unpaired) electrons. The molecule has 0 aliphatic carbocycles. The van der Waals surface area contributed by atoms with E-state index in [9.17, 15) is 0 Å². The number of pyridine rings is 1. The number of hydrogen-bond acceptors (Lipinski definition) is 3. The van der Waals surface area contributed by atoms with Gasteiger partial charge in [0, 0.05) is 25.8 Å². The predicted octanol–water partition coefficient (Wildman–Crippen LogP) is 3.37. The van der Waals surface area contributed by atoms with Crippen LogP contribution >= 0.6 is 0 Å². The zero-order valence-corrected chi connectivity index (χ0v) is 13.2. The van der Waals surface area contributed by atoms with Gasteiger partial charge in [0.15, 0.2) is 0 Å². The number of aromatic nitrogens is 1. The van der Waals surface area contributed by atoms with Crippen LogP contribution in [-0.4, -0.2) is 25.1 Å². The summed E-state index contributed by atoms with van der Waals surface area (Å²) in [6.45, 7) is 11.9. The highest BCUT2D eigenvalue weighted by Gasteiger charge is 2.06. The summed E-state index contributed by atoms with van der Waals surface area (Å²) in [6.07, 6.45) is 2.37. The lowest BCUT2D eigenvalue weighted by molar-refractivity contribution is 0.583. The predicted molar refractivity (Wildman–Crippen MR) is 83.7 cm³/mol. The van der Waals surface area contributed by atoms with Crippen LogP contribution in [-0.2, 0) is 6.54 Å². The van der Waals surface area contributed by atoms with Crippen molar-refractivity contribution in [2.75, 3.05) is 25.0 Å². The van der Waals surface area contributed by atoms with Crippen molar-refractivity contribution in [1.82, 2.24) is 10.3 Å². The van der Waals surface area contributed by atoms with Crippen molar-refractivity contribution in [1.29, 1.82) is 0 Å². The highest BCUT2D eigenvalue weighted by atomic mass is 15.2. The van der Waals surface area contributed by atoms with Crippen LogP contribution in [0.5, 0.6) is 0 Å². The molecule has 0 aliphatic heterocycles. The molecular weight excluding hydrogens is 234 g/mol. The zero-order chi connectivity index (χ0) is 14.3. The van der Waals surface area contributed by atoms with Crippen molar-refractivity contribution >= 4 is 5.82 Å². The van der Waals surface area contributed by atoms with Gasteiger partial charge in [0.2, 0.25) is 0 Å². The Balaban J connectivity index is 2.59. The molecule has 1 aromatic heterocycles. The summed E-state index contributed by atoms with van der Waals surface area (Å²) in [5.41, 5.74) is 2.44. The zero-order valence-electron chi connectivity index (χ0n) is 13.2. The maximum atomic E-state index is 4.72. The van der Waals surface area contributed by atoms with E-state index >= 15 is 0 Å². The van der Waals surface area contributed by atoms with Gasteiger partial charge < -0.3 is 10.2 Å². The highest BCUT2D eigenvalue weighted by Crippen LogP contribution is 2.15. The van der Waals surface area contributed by atoms with Gasteiger partial charge in [-0.25, -0.2) is 4.98 Å². The third-order valence-corrected chi connectivity index (χ3v) is 3.36. The van der Waals surface area contributed by atoms with E-state index < -0.39 is 0 Å². The second-order valence-corrected chi connectivity index (χ2v) is 5.69. The largest absolute Gasteiger partial charge is 0.360 e. The smallest absolute Gasteiger partial charge is 0.128 e. The van der Waals surface area contributed by atoms with Gasteiger partial charge in [-0.05, 0) is 43.9 Å². The molecule has 0 aromatic carbocycles. The maximum absolute atomic E-state index is 4.72. The molecule has 0 atom stereocenters. The minimum atomic E-state index is 0.737. The van der Waals surface area contributed by atoms with E-state index in [2.05, 4.69) is 57.1 Å². The molecule has 19 heavy (non-hydrogen) atoms. The van der Waals surface area contributed by atoms with Gasteiger partial charge in [0.25, 0.3) is 0 Å². The van der Waals surface area contributed by atoms with Crippen LogP contribution in [0.3, 0.4) is 0 Å². The first kappa shape index (κ1) is 16.0. The summed E-state index contributed by atoms with van der Waals surface area (Å²) >= 11 is 0. The number of nitrogens with zero attached hydrogens (tertiary/aromatic N) is 2. The topological polar surface area (TPSA) is 28.2 Å². The minimum absolute atomic E-state index is 0.737. The van der Waals surface area contributed by atoms with E-state index in [1.807, 2.05) is 0 Å². The van der Waals surface area contributed by atoms with Crippen LogP contribution in [0.25, 0.3) is 0 Å². The van der Waals surface area contributed by atoms with E-state index in [1.165, 1.54) is 18.4 Å². The van der Waals surface area contributed by atoms with Crippen LogP contribution < -0.4 is 10.2 Å². The lowest BCUT2D eigenvalue weighted by atomic mass is 10.1. The second kappa shape index (κ2) is 8.16.